The van der Waals surface area contributed by atoms with Crippen LogP contribution >= 0.6 is 11.6 Å². The molecule has 0 aliphatic carbocycles. The fourth-order valence-corrected chi connectivity index (χ4v) is 4.12. The van der Waals surface area contributed by atoms with Crippen LogP contribution < -0.4 is 10.2 Å². The number of imidazole rings is 1. The van der Waals surface area contributed by atoms with Crippen molar-refractivity contribution in [3.63, 3.8) is 0 Å². The van der Waals surface area contributed by atoms with Crippen LogP contribution in [0.1, 0.15) is 15.9 Å². The second-order valence-corrected chi connectivity index (χ2v) is 8.35. The highest BCUT2D eigenvalue weighted by Gasteiger charge is 2.35. The third-order valence-corrected chi connectivity index (χ3v) is 5.85. The van der Waals surface area contributed by atoms with Crippen molar-refractivity contribution in [3.8, 4) is 11.4 Å². The second-order valence-electron chi connectivity index (χ2n) is 7.91. The zero-order chi connectivity index (χ0) is 24.6. The van der Waals surface area contributed by atoms with Crippen molar-refractivity contribution < 1.29 is 22.7 Å². The maximum Gasteiger partial charge on any atom is 0.417 e. The van der Waals surface area contributed by atoms with Gasteiger partial charge in [0.1, 0.15) is 23.0 Å². The number of ether oxygens (including phenoxy) is 1. The molecule has 5 rings (SSSR count). The Bertz CT molecular complexity index is 1400. The largest absolute Gasteiger partial charge is 0.417 e. The number of para-hydroxylation sites is 1. The summed E-state index contributed by atoms with van der Waals surface area (Å²) < 4.78 is 46.2. The van der Waals surface area contributed by atoms with Gasteiger partial charge in [0, 0.05) is 23.7 Å². The summed E-state index contributed by atoms with van der Waals surface area (Å²) in [7, 11) is 0. The van der Waals surface area contributed by atoms with Crippen molar-refractivity contribution in [1.29, 1.82) is 0 Å². The highest BCUT2D eigenvalue weighted by Crippen LogP contribution is 2.38. The molecule has 180 valence electrons. The highest BCUT2D eigenvalue weighted by atomic mass is 35.5. The average molecular weight is 502 g/mol. The van der Waals surface area contributed by atoms with E-state index in [0.29, 0.717) is 43.5 Å². The minimum atomic E-state index is -4.63. The summed E-state index contributed by atoms with van der Waals surface area (Å²) in [6.07, 6.45) is -4.63. The van der Waals surface area contributed by atoms with Crippen LogP contribution in [0.5, 0.6) is 0 Å². The molecule has 35 heavy (non-hydrogen) atoms. The summed E-state index contributed by atoms with van der Waals surface area (Å²) in [6, 6.07) is 13.6. The van der Waals surface area contributed by atoms with Gasteiger partial charge in [0.2, 0.25) is 0 Å². The SMILES string of the molecule is O=C(Nc1cccc(N2CCOCC2)n1)c1cccc2[nH]c(-c3ccc(Cl)cc3C(F)(F)F)nc12. The fourth-order valence-electron chi connectivity index (χ4n) is 3.95. The van der Waals surface area contributed by atoms with E-state index in [9.17, 15) is 18.0 Å². The zero-order valence-corrected chi connectivity index (χ0v) is 19.0. The van der Waals surface area contributed by atoms with Gasteiger partial charge in [0.15, 0.2) is 0 Å². The van der Waals surface area contributed by atoms with Gasteiger partial charge in [-0.2, -0.15) is 13.2 Å². The molecule has 2 aromatic carbocycles. The molecule has 0 bridgehead atoms. The Morgan fingerprint density at radius 2 is 1.83 bits per heavy atom. The first kappa shape index (κ1) is 23.1. The van der Waals surface area contributed by atoms with Crippen LogP contribution in [-0.2, 0) is 10.9 Å². The number of fused-ring (bicyclic) bond motifs is 1. The molecule has 1 fully saturated rings. The molecule has 0 atom stereocenters. The molecule has 2 N–H and O–H groups in total. The van der Waals surface area contributed by atoms with E-state index in [4.69, 9.17) is 16.3 Å². The van der Waals surface area contributed by atoms with Gasteiger partial charge in [-0.05, 0) is 42.5 Å². The number of hydrogen-bond acceptors (Lipinski definition) is 5. The van der Waals surface area contributed by atoms with Crippen molar-refractivity contribution in [1.82, 2.24) is 15.0 Å². The number of pyridine rings is 1. The topological polar surface area (TPSA) is 83.1 Å². The number of anilines is 2. The summed E-state index contributed by atoms with van der Waals surface area (Å²) in [5, 5.41) is 2.72. The van der Waals surface area contributed by atoms with Gasteiger partial charge < -0.3 is 19.9 Å². The number of nitrogens with one attached hydrogen (secondary N) is 2. The first-order chi connectivity index (χ1) is 16.8. The van der Waals surface area contributed by atoms with Crippen molar-refractivity contribution in [2.24, 2.45) is 0 Å². The Labute approximate surface area is 202 Å². The molecule has 0 radical (unpaired) electrons. The van der Waals surface area contributed by atoms with Gasteiger partial charge in [0.25, 0.3) is 5.91 Å². The van der Waals surface area contributed by atoms with Crippen molar-refractivity contribution >= 4 is 40.2 Å². The van der Waals surface area contributed by atoms with Gasteiger partial charge in [-0.15, -0.1) is 0 Å². The van der Waals surface area contributed by atoms with E-state index in [0.717, 1.165) is 6.07 Å². The lowest BCUT2D eigenvalue weighted by Gasteiger charge is -2.28. The van der Waals surface area contributed by atoms with Gasteiger partial charge in [-0.25, -0.2) is 9.97 Å². The molecule has 1 aliphatic heterocycles. The van der Waals surface area contributed by atoms with Crippen molar-refractivity contribution in [2.75, 3.05) is 36.5 Å². The number of nitrogens with zero attached hydrogens (tertiary/aromatic N) is 3. The molecule has 0 spiro atoms. The number of halogens is 4. The number of benzene rings is 2. The number of rotatable bonds is 4. The van der Waals surface area contributed by atoms with Crippen LogP contribution in [0.4, 0.5) is 24.8 Å². The maximum atomic E-state index is 13.6. The molecule has 1 amide bonds. The van der Waals surface area contributed by atoms with Crippen LogP contribution in [0.2, 0.25) is 5.02 Å². The molecule has 1 aliphatic rings. The molecule has 3 heterocycles. The van der Waals surface area contributed by atoms with E-state index < -0.39 is 17.6 Å². The van der Waals surface area contributed by atoms with E-state index in [1.165, 1.54) is 12.1 Å². The van der Waals surface area contributed by atoms with Crippen molar-refractivity contribution in [3.05, 3.63) is 70.7 Å². The summed E-state index contributed by atoms with van der Waals surface area (Å²) >= 11 is 5.79. The zero-order valence-electron chi connectivity index (χ0n) is 18.2. The second kappa shape index (κ2) is 9.20. The number of aromatic amines is 1. The minimum Gasteiger partial charge on any atom is -0.378 e. The van der Waals surface area contributed by atoms with Crippen LogP contribution in [0, 0.1) is 0 Å². The Morgan fingerprint density at radius 1 is 1.06 bits per heavy atom. The number of carbonyl (C=O) groups is 1. The predicted octanol–water partition coefficient (Wildman–Crippen LogP) is 5.39. The lowest BCUT2D eigenvalue weighted by Crippen LogP contribution is -2.36. The Hall–Kier alpha value is -3.63. The number of carbonyl (C=O) groups excluding carboxylic acids is 1. The van der Waals surface area contributed by atoms with E-state index in [-0.39, 0.29) is 27.5 Å². The number of H-pyrrole nitrogens is 1. The maximum absolute atomic E-state index is 13.6. The number of morpholine rings is 1. The summed E-state index contributed by atoms with van der Waals surface area (Å²) in [5.41, 5.74) is -0.215. The first-order valence-electron chi connectivity index (χ1n) is 10.8. The standard InChI is InChI=1S/C24H19ClF3N5O2/c25-14-7-8-15(17(13-14)24(26,27)28)22-29-18-4-1-3-16(21(18)32-22)23(34)31-19-5-2-6-20(30-19)33-9-11-35-12-10-33/h1-8,13H,9-12H2,(H,29,32)(H,30,31,34). The molecule has 0 unspecified atom stereocenters. The number of aromatic nitrogens is 3. The van der Waals surface area contributed by atoms with Crippen molar-refractivity contribution in [2.45, 2.75) is 6.18 Å². The fraction of sp³-hybridized carbons (Fsp3) is 0.208. The van der Waals surface area contributed by atoms with E-state index in [2.05, 4.69) is 25.2 Å². The molecular weight excluding hydrogens is 483 g/mol. The van der Waals surface area contributed by atoms with E-state index in [1.807, 2.05) is 6.07 Å². The monoisotopic (exact) mass is 501 g/mol. The third-order valence-electron chi connectivity index (χ3n) is 5.61. The van der Waals surface area contributed by atoms with Gasteiger partial charge >= 0.3 is 6.18 Å². The Morgan fingerprint density at radius 3 is 2.60 bits per heavy atom. The van der Waals surface area contributed by atoms with E-state index in [1.54, 1.807) is 30.3 Å². The third kappa shape index (κ3) is 4.80. The van der Waals surface area contributed by atoms with Crippen LogP contribution in [0.25, 0.3) is 22.4 Å². The summed E-state index contributed by atoms with van der Waals surface area (Å²) in [6.45, 7) is 2.60. The lowest BCUT2D eigenvalue weighted by molar-refractivity contribution is -0.137. The molecule has 4 aromatic rings. The highest BCUT2D eigenvalue weighted by molar-refractivity contribution is 6.30. The predicted molar refractivity (Wildman–Crippen MR) is 127 cm³/mol. The number of alkyl halides is 3. The molecule has 11 heteroatoms. The number of hydrogen-bond donors (Lipinski definition) is 2. The van der Waals surface area contributed by atoms with Crippen LogP contribution in [0.3, 0.4) is 0 Å². The number of amides is 1. The Balaban J connectivity index is 1.46. The van der Waals surface area contributed by atoms with Gasteiger partial charge in [-0.1, -0.05) is 23.7 Å². The van der Waals surface area contributed by atoms with Crippen LogP contribution in [0.15, 0.2) is 54.6 Å². The molecule has 1 saturated heterocycles. The molecular formula is C24H19ClF3N5O2. The van der Waals surface area contributed by atoms with Crippen LogP contribution in [-0.4, -0.2) is 47.2 Å². The van der Waals surface area contributed by atoms with Gasteiger partial charge in [-0.3, -0.25) is 4.79 Å². The smallest absolute Gasteiger partial charge is 0.378 e. The quantitative estimate of drug-likeness (QED) is 0.392. The first-order valence-corrected chi connectivity index (χ1v) is 11.1. The summed E-state index contributed by atoms with van der Waals surface area (Å²) in [5.74, 6) is 0.571. The Kier molecular flexibility index (Phi) is 6.08. The average Bonchev–Trinajstić information content (AvgIpc) is 3.28. The normalized spacial score (nSPS) is 14.3. The van der Waals surface area contributed by atoms with E-state index >= 15 is 0 Å². The van der Waals surface area contributed by atoms with Gasteiger partial charge in [0.05, 0.1) is 29.9 Å². The lowest BCUT2D eigenvalue weighted by atomic mass is 10.1. The molecule has 0 saturated carbocycles. The molecule has 2 aromatic heterocycles. The minimum absolute atomic E-state index is 0.0170. The molecule has 7 nitrogen and oxygen atoms in total. The summed E-state index contributed by atoms with van der Waals surface area (Å²) in [4.78, 5) is 26.9.